The third-order valence-corrected chi connectivity index (χ3v) is 3.33. The Morgan fingerprint density at radius 1 is 1.04 bits per heavy atom. The molecule has 2 N–H and O–H groups in total. The lowest BCUT2D eigenvalue weighted by atomic mass is 10.2. The van der Waals surface area contributed by atoms with Crippen LogP contribution in [0.3, 0.4) is 0 Å². The first-order valence-electron chi connectivity index (χ1n) is 7.74. The molecule has 0 unspecified atom stereocenters. The van der Waals surface area contributed by atoms with Gasteiger partial charge in [-0.25, -0.2) is 0 Å². The van der Waals surface area contributed by atoms with E-state index in [2.05, 4.69) is 20.8 Å². The van der Waals surface area contributed by atoms with Crippen molar-refractivity contribution >= 4 is 17.5 Å². The zero-order valence-electron chi connectivity index (χ0n) is 14.1. The molecule has 128 valence electrons. The van der Waals surface area contributed by atoms with E-state index in [-0.39, 0.29) is 5.91 Å². The largest absolute Gasteiger partial charge is 0.493 e. The maximum atomic E-state index is 11.5. The van der Waals surface area contributed by atoms with Crippen LogP contribution in [0.25, 0.3) is 0 Å². The number of amides is 1. The predicted molar refractivity (Wildman–Crippen MR) is 92.4 cm³/mol. The van der Waals surface area contributed by atoms with Crippen LogP contribution in [0.5, 0.6) is 11.5 Å². The average Bonchev–Trinajstić information content (AvgIpc) is 2.61. The van der Waals surface area contributed by atoms with Gasteiger partial charge in [0.1, 0.15) is 5.82 Å². The third-order valence-electron chi connectivity index (χ3n) is 3.33. The van der Waals surface area contributed by atoms with Crippen LogP contribution in [0.4, 0.5) is 11.6 Å². The summed E-state index contributed by atoms with van der Waals surface area (Å²) >= 11 is 0. The van der Waals surface area contributed by atoms with E-state index in [1.807, 2.05) is 25.1 Å². The fraction of sp³-hybridized carbons (Fsp3) is 0.353. The topological polar surface area (TPSA) is 85.4 Å². The molecule has 0 aliphatic rings. The minimum absolute atomic E-state index is 0.0576. The van der Waals surface area contributed by atoms with Gasteiger partial charge >= 0.3 is 0 Å². The summed E-state index contributed by atoms with van der Waals surface area (Å²) in [6.07, 6.45) is 1.27. The minimum Gasteiger partial charge on any atom is -0.493 e. The molecular formula is C17H22N4O3. The summed E-state index contributed by atoms with van der Waals surface area (Å²) in [5, 5.41) is 13.9. The third kappa shape index (κ3) is 4.84. The maximum absolute atomic E-state index is 11.5. The Bertz CT molecular complexity index is 674. The van der Waals surface area contributed by atoms with Gasteiger partial charge in [-0.05, 0) is 36.2 Å². The zero-order valence-corrected chi connectivity index (χ0v) is 14.1. The second kappa shape index (κ2) is 8.71. The van der Waals surface area contributed by atoms with Crippen molar-refractivity contribution in [1.82, 2.24) is 10.2 Å². The lowest BCUT2D eigenvalue weighted by Crippen LogP contribution is -2.12. The lowest BCUT2D eigenvalue weighted by molar-refractivity contribution is -0.116. The van der Waals surface area contributed by atoms with Crippen LogP contribution >= 0.6 is 0 Å². The number of anilines is 2. The van der Waals surface area contributed by atoms with Gasteiger partial charge in [-0.1, -0.05) is 13.0 Å². The van der Waals surface area contributed by atoms with Crippen LogP contribution in [0.1, 0.15) is 25.3 Å². The number of rotatable bonds is 8. The first-order valence-corrected chi connectivity index (χ1v) is 7.74. The van der Waals surface area contributed by atoms with Crippen molar-refractivity contribution in [1.29, 1.82) is 0 Å². The molecule has 1 aromatic carbocycles. The molecule has 0 radical (unpaired) electrons. The van der Waals surface area contributed by atoms with Gasteiger partial charge in [-0.2, -0.15) is 0 Å². The number of nitrogens with one attached hydrogen (secondary N) is 2. The quantitative estimate of drug-likeness (QED) is 0.774. The summed E-state index contributed by atoms with van der Waals surface area (Å²) < 4.78 is 10.5. The predicted octanol–water partition coefficient (Wildman–Crippen LogP) is 2.84. The second-order valence-corrected chi connectivity index (χ2v) is 5.14. The molecule has 2 aromatic rings. The summed E-state index contributed by atoms with van der Waals surface area (Å²) in [4.78, 5) is 11.5. The molecule has 1 amide bonds. The Hall–Kier alpha value is -2.83. The number of carbonyl (C=O) groups is 1. The normalized spacial score (nSPS) is 10.1. The van der Waals surface area contributed by atoms with Crippen molar-refractivity contribution < 1.29 is 14.3 Å². The monoisotopic (exact) mass is 330 g/mol. The molecule has 7 heteroatoms. The van der Waals surface area contributed by atoms with E-state index in [4.69, 9.17) is 9.47 Å². The first-order chi connectivity index (χ1) is 11.7. The Balaban J connectivity index is 1.93. The van der Waals surface area contributed by atoms with Gasteiger partial charge in [0, 0.05) is 13.0 Å². The zero-order chi connectivity index (χ0) is 17.4. The Kier molecular flexibility index (Phi) is 6.36. The van der Waals surface area contributed by atoms with Gasteiger partial charge in [0.15, 0.2) is 17.3 Å². The highest BCUT2D eigenvalue weighted by molar-refractivity contribution is 5.89. The van der Waals surface area contributed by atoms with E-state index < -0.39 is 0 Å². The number of hydrogen-bond donors (Lipinski definition) is 2. The van der Waals surface area contributed by atoms with Crippen LogP contribution in [0, 0.1) is 0 Å². The van der Waals surface area contributed by atoms with Gasteiger partial charge < -0.3 is 20.1 Å². The van der Waals surface area contributed by atoms with Gasteiger partial charge in [0.2, 0.25) is 5.91 Å². The highest BCUT2D eigenvalue weighted by Gasteiger charge is 2.06. The molecule has 0 bridgehead atoms. The van der Waals surface area contributed by atoms with E-state index in [1.54, 1.807) is 26.4 Å². The molecule has 0 aliphatic heterocycles. The van der Waals surface area contributed by atoms with E-state index in [1.165, 1.54) is 0 Å². The Morgan fingerprint density at radius 2 is 1.75 bits per heavy atom. The number of hydrogen-bond acceptors (Lipinski definition) is 6. The molecule has 0 spiro atoms. The summed E-state index contributed by atoms with van der Waals surface area (Å²) in [5.41, 5.74) is 1.02. The fourth-order valence-corrected chi connectivity index (χ4v) is 2.11. The van der Waals surface area contributed by atoms with Crippen molar-refractivity contribution in [3.8, 4) is 11.5 Å². The van der Waals surface area contributed by atoms with Crippen LogP contribution in [-0.4, -0.2) is 30.3 Å². The maximum Gasteiger partial charge on any atom is 0.225 e. The van der Waals surface area contributed by atoms with Crippen molar-refractivity contribution in [2.24, 2.45) is 0 Å². The summed E-state index contributed by atoms with van der Waals surface area (Å²) in [5.74, 6) is 2.38. The molecule has 0 fully saturated rings. The SMILES string of the molecule is CCCC(=O)Nc1ccc(NCc2ccc(OC)c(OC)c2)nn1. The highest BCUT2D eigenvalue weighted by atomic mass is 16.5. The molecule has 2 rings (SSSR count). The number of aromatic nitrogens is 2. The smallest absolute Gasteiger partial charge is 0.225 e. The number of ether oxygens (including phenoxy) is 2. The van der Waals surface area contributed by atoms with Gasteiger partial charge in [0.05, 0.1) is 14.2 Å². The fourth-order valence-electron chi connectivity index (χ4n) is 2.11. The summed E-state index contributed by atoms with van der Waals surface area (Å²) in [7, 11) is 3.21. The molecule has 7 nitrogen and oxygen atoms in total. The summed E-state index contributed by atoms with van der Waals surface area (Å²) in [6.45, 7) is 2.52. The molecule has 0 saturated carbocycles. The average molecular weight is 330 g/mol. The van der Waals surface area contributed by atoms with Gasteiger partial charge in [-0.15, -0.1) is 10.2 Å². The molecule has 0 atom stereocenters. The van der Waals surface area contributed by atoms with Crippen molar-refractivity contribution in [3.05, 3.63) is 35.9 Å². The van der Waals surface area contributed by atoms with Crippen molar-refractivity contribution in [2.45, 2.75) is 26.3 Å². The van der Waals surface area contributed by atoms with Crippen molar-refractivity contribution in [3.63, 3.8) is 0 Å². The second-order valence-electron chi connectivity index (χ2n) is 5.14. The number of carbonyl (C=O) groups excluding carboxylic acids is 1. The van der Waals surface area contributed by atoms with Crippen LogP contribution < -0.4 is 20.1 Å². The van der Waals surface area contributed by atoms with Gasteiger partial charge in [-0.3, -0.25) is 4.79 Å². The Morgan fingerprint density at radius 3 is 2.38 bits per heavy atom. The molecule has 24 heavy (non-hydrogen) atoms. The minimum atomic E-state index is -0.0576. The van der Waals surface area contributed by atoms with E-state index in [9.17, 15) is 4.79 Å². The van der Waals surface area contributed by atoms with Crippen LogP contribution in [0.15, 0.2) is 30.3 Å². The number of nitrogens with zero attached hydrogens (tertiary/aromatic N) is 2. The van der Waals surface area contributed by atoms with Gasteiger partial charge in [0.25, 0.3) is 0 Å². The Labute approximate surface area is 141 Å². The molecule has 1 aromatic heterocycles. The van der Waals surface area contributed by atoms with Crippen LogP contribution in [0.2, 0.25) is 0 Å². The lowest BCUT2D eigenvalue weighted by Gasteiger charge is -2.10. The van der Waals surface area contributed by atoms with Crippen molar-refractivity contribution in [2.75, 3.05) is 24.9 Å². The van der Waals surface area contributed by atoms with Crippen LogP contribution in [-0.2, 0) is 11.3 Å². The molecule has 0 aliphatic carbocycles. The van der Waals surface area contributed by atoms with E-state index in [0.717, 1.165) is 12.0 Å². The van der Waals surface area contributed by atoms with E-state index in [0.29, 0.717) is 36.1 Å². The molecule has 0 saturated heterocycles. The number of benzene rings is 1. The summed E-state index contributed by atoms with van der Waals surface area (Å²) in [6, 6.07) is 9.19. The highest BCUT2D eigenvalue weighted by Crippen LogP contribution is 2.27. The van der Waals surface area contributed by atoms with E-state index >= 15 is 0 Å². The molecule has 1 heterocycles. The molecular weight excluding hydrogens is 308 g/mol. The number of methoxy groups -OCH3 is 2. The standard InChI is InChI=1S/C17H22N4O3/c1-4-5-17(22)19-16-9-8-15(20-21-16)18-11-12-6-7-13(23-2)14(10-12)24-3/h6-10H,4-5,11H2,1-3H3,(H,18,20)(H,19,21,22). The first kappa shape index (κ1) is 17.5.